The van der Waals surface area contributed by atoms with Gasteiger partial charge in [-0.3, -0.25) is 0 Å². The molecule has 0 spiro atoms. The maximum absolute atomic E-state index is 11.6. The number of aliphatic hydroxyl groups is 1. The van der Waals surface area contributed by atoms with Gasteiger partial charge >= 0.3 is 5.97 Å². The smallest absolute Gasteiger partial charge is 0.333 e. The van der Waals surface area contributed by atoms with Crippen molar-refractivity contribution < 1.29 is 19.4 Å². The largest absolute Gasteiger partial charge is 0.490 e. The van der Waals surface area contributed by atoms with Crippen LogP contribution in [0.2, 0.25) is 0 Å². The summed E-state index contributed by atoms with van der Waals surface area (Å²) in [7, 11) is 0. The zero-order valence-electron chi connectivity index (χ0n) is 19.5. The van der Waals surface area contributed by atoms with Gasteiger partial charge in [-0.2, -0.15) is 0 Å². The quantitative estimate of drug-likeness (QED) is 0.224. The fourth-order valence-corrected chi connectivity index (χ4v) is 3.72. The van der Waals surface area contributed by atoms with E-state index in [0.29, 0.717) is 18.4 Å². The fourth-order valence-electron chi connectivity index (χ4n) is 3.72. The molecule has 3 rings (SSSR count). The number of rotatable bonds is 11. The zero-order chi connectivity index (χ0) is 23.6. The summed E-state index contributed by atoms with van der Waals surface area (Å²) in [6.07, 6.45) is 2.28. The Morgan fingerprint density at radius 2 is 1.67 bits per heavy atom. The Kier molecular flexibility index (Phi) is 8.85. The molecule has 172 valence electrons. The predicted molar refractivity (Wildman–Crippen MR) is 133 cm³/mol. The number of carbonyl (C=O) groups excluding carboxylic acids is 1. The number of aryl methyl sites for hydroxylation is 2. The summed E-state index contributed by atoms with van der Waals surface area (Å²) in [5, 5.41) is 9.26. The first-order valence-electron chi connectivity index (χ1n) is 11.4. The van der Waals surface area contributed by atoms with Crippen LogP contribution in [0.15, 0.2) is 78.9 Å². The van der Waals surface area contributed by atoms with Crippen LogP contribution in [0, 0.1) is 0 Å². The van der Waals surface area contributed by atoms with E-state index in [9.17, 15) is 9.90 Å². The number of esters is 1. The van der Waals surface area contributed by atoms with E-state index in [-0.39, 0.29) is 19.8 Å². The molecule has 3 aromatic carbocycles. The van der Waals surface area contributed by atoms with E-state index < -0.39 is 5.97 Å². The van der Waals surface area contributed by atoms with Crippen LogP contribution in [0.1, 0.15) is 31.4 Å². The van der Waals surface area contributed by atoms with E-state index in [1.807, 2.05) is 12.1 Å². The van der Waals surface area contributed by atoms with Crippen molar-refractivity contribution in [2.24, 2.45) is 0 Å². The molecule has 0 aliphatic rings. The molecular weight excluding hydrogens is 412 g/mol. The number of aliphatic hydroxyl groups excluding tert-OH is 1. The van der Waals surface area contributed by atoms with Crippen molar-refractivity contribution in [1.29, 1.82) is 0 Å². The van der Waals surface area contributed by atoms with Crippen molar-refractivity contribution >= 4 is 5.97 Å². The minimum Gasteiger partial charge on any atom is -0.490 e. The van der Waals surface area contributed by atoms with Crippen molar-refractivity contribution in [1.82, 2.24) is 0 Å². The summed E-state index contributed by atoms with van der Waals surface area (Å²) >= 11 is 0. The third-order valence-corrected chi connectivity index (χ3v) is 5.50. The molecule has 0 aliphatic heterocycles. The Bertz CT molecular complexity index is 1090. The molecule has 0 atom stereocenters. The van der Waals surface area contributed by atoms with Crippen LogP contribution in [-0.2, 0) is 22.4 Å². The highest BCUT2D eigenvalue weighted by molar-refractivity contribution is 5.86. The lowest BCUT2D eigenvalue weighted by atomic mass is 9.92. The molecule has 3 aromatic rings. The van der Waals surface area contributed by atoms with Gasteiger partial charge in [0, 0.05) is 12.2 Å². The van der Waals surface area contributed by atoms with E-state index in [4.69, 9.17) is 9.47 Å². The zero-order valence-corrected chi connectivity index (χ0v) is 19.5. The molecule has 0 saturated heterocycles. The van der Waals surface area contributed by atoms with Gasteiger partial charge in [0.25, 0.3) is 0 Å². The molecule has 0 bridgehead atoms. The van der Waals surface area contributed by atoms with Gasteiger partial charge in [0.05, 0.1) is 0 Å². The maximum Gasteiger partial charge on any atom is 0.333 e. The van der Waals surface area contributed by atoms with E-state index in [1.54, 1.807) is 6.92 Å². The van der Waals surface area contributed by atoms with Crippen LogP contribution in [-0.4, -0.2) is 30.9 Å². The molecule has 0 aromatic heterocycles. The Hall–Kier alpha value is -3.37. The van der Waals surface area contributed by atoms with Crippen molar-refractivity contribution in [2.75, 3.05) is 19.8 Å². The molecule has 1 N–H and O–H groups in total. The van der Waals surface area contributed by atoms with Gasteiger partial charge in [0.2, 0.25) is 0 Å². The van der Waals surface area contributed by atoms with Gasteiger partial charge in [0.15, 0.2) is 0 Å². The van der Waals surface area contributed by atoms with Gasteiger partial charge in [-0.1, -0.05) is 74.2 Å². The average Bonchev–Trinajstić information content (AvgIpc) is 2.85. The van der Waals surface area contributed by atoms with Crippen LogP contribution in [0.25, 0.3) is 22.3 Å². The monoisotopic (exact) mass is 444 g/mol. The first-order valence-corrected chi connectivity index (χ1v) is 11.4. The Morgan fingerprint density at radius 1 is 0.909 bits per heavy atom. The second kappa shape index (κ2) is 12.0. The van der Waals surface area contributed by atoms with Crippen molar-refractivity contribution in [3.05, 3.63) is 90.0 Å². The molecule has 0 amide bonds. The SMILES string of the molecule is C=C(C)C(=O)OCCOc1cc(-c2ccc(-c3ccccc3)cc2CC)ccc1CCCO. The lowest BCUT2D eigenvalue weighted by molar-refractivity contribution is -0.139. The van der Waals surface area contributed by atoms with Gasteiger partial charge in [-0.05, 0) is 65.6 Å². The highest BCUT2D eigenvalue weighted by atomic mass is 16.6. The van der Waals surface area contributed by atoms with Crippen LogP contribution in [0.4, 0.5) is 0 Å². The number of carbonyl (C=O) groups is 1. The molecule has 4 nitrogen and oxygen atoms in total. The van der Waals surface area contributed by atoms with Crippen LogP contribution in [0.5, 0.6) is 5.75 Å². The molecule has 0 heterocycles. The lowest BCUT2D eigenvalue weighted by Gasteiger charge is -2.16. The summed E-state index contributed by atoms with van der Waals surface area (Å²) in [6.45, 7) is 7.90. The Labute approximate surface area is 196 Å². The highest BCUT2D eigenvalue weighted by Crippen LogP contribution is 2.33. The Morgan fingerprint density at radius 3 is 2.36 bits per heavy atom. The van der Waals surface area contributed by atoms with Crippen LogP contribution < -0.4 is 4.74 Å². The van der Waals surface area contributed by atoms with Crippen LogP contribution in [0.3, 0.4) is 0 Å². The van der Waals surface area contributed by atoms with E-state index in [2.05, 4.69) is 68.1 Å². The van der Waals surface area contributed by atoms with E-state index in [0.717, 1.165) is 23.3 Å². The lowest BCUT2D eigenvalue weighted by Crippen LogP contribution is -2.13. The molecule has 0 fully saturated rings. The summed E-state index contributed by atoms with van der Waals surface area (Å²) < 4.78 is 11.2. The second-order valence-corrected chi connectivity index (χ2v) is 8.01. The number of hydrogen-bond donors (Lipinski definition) is 1. The normalized spacial score (nSPS) is 10.6. The van der Waals surface area contributed by atoms with Crippen molar-refractivity contribution in [2.45, 2.75) is 33.1 Å². The number of hydrogen-bond acceptors (Lipinski definition) is 4. The van der Waals surface area contributed by atoms with Crippen molar-refractivity contribution in [3.8, 4) is 28.0 Å². The van der Waals surface area contributed by atoms with E-state index >= 15 is 0 Å². The summed E-state index contributed by atoms with van der Waals surface area (Å²) in [6, 6.07) is 23.2. The molecule has 0 radical (unpaired) electrons. The molecule has 33 heavy (non-hydrogen) atoms. The summed E-state index contributed by atoms with van der Waals surface area (Å²) in [4.78, 5) is 11.6. The highest BCUT2D eigenvalue weighted by Gasteiger charge is 2.11. The third-order valence-electron chi connectivity index (χ3n) is 5.50. The van der Waals surface area contributed by atoms with Crippen molar-refractivity contribution in [3.63, 3.8) is 0 Å². The predicted octanol–water partition coefficient (Wildman–Crippen LogP) is 6.01. The van der Waals surface area contributed by atoms with E-state index in [1.165, 1.54) is 22.3 Å². The number of benzene rings is 3. The third kappa shape index (κ3) is 6.56. The molecular formula is C29H32O4. The Balaban J connectivity index is 1.85. The number of ether oxygens (including phenoxy) is 2. The van der Waals surface area contributed by atoms with Gasteiger partial charge < -0.3 is 14.6 Å². The minimum atomic E-state index is -0.418. The topological polar surface area (TPSA) is 55.8 Å². The standard InChI is InChI=1S/C29H32O4/c1-4-22-19-25(23-9-6-5-7-10-23)14-15-27(22)26-13-12-24(11-8-16-30)28(20-26)32-17-18-33-29(31)21(2)3/h5-7,9-10,12-15,19-20,30H,2,4,8,11,16-18H2,1,3H3. The average molecular weight is 445 g/mol. The first kappa shape index (κ1) is 24.3. The summed E-state index contributed by atoms with van der Waals surface area (Å²) in [5.41, 5.74) is 7.31. The molecule has 0 saturated carbocycles. The molecule has 4 heteroatoms. The molecule has 0 aliphatic carbocycles. The first-order chi connectivity index (χ1) is 16.0. The van der Waals surface area contributed by atoms with Crippen LogP contribution >= 0.6 is 0 Å². The second-order valence-electron chi connectivity index (χ2n) is 8.01. The molecule has 0 unspecified atom stereocenters. The van der Waals surface area contributed by atoms with Gasteiger partial charge in [-0.25, -0.2) is 4.79 Å². The van der Waals surface area contributed by atoms with Gasteiger partial charge in [0.1, 0.15) is 19.0 Å². The fraction of sp³-hybridized carbons (Fsp3) is 0.276. The maximum atomic E-state index is 11.6. The van der Waals surface area contributed by atoms with Gasteiger partial charge in [-0.15, -0.1) is 0 Å². The minimum absolute atomic E-state index is 0.123. The summed E-state index contributed by atoms with van der Waals surface area (Å²) in [5.74, 6) is 0.334.